The van der Waals surface area contributed by atoms with E-state index in [4.69, 9.17) is 0 Å². The first kappa shape index (κ1) is 19.0. The van der Waals surface area contributed by atoms with Gasteiger partial charge < -0.3 is 0 Å². The maximum absolute atomic E-state index is 9.54. The Morgan fingerprint density at radius 2 is 1.88 bits per heavy atom. The van der Waals surface area contributed by atoms with Gasteiger partial charge in [0.05, 0.1) is 22.6 Å². The second-order valence-electron chi connectivity index (χ2n) is 5.59. The van der Waals surface area contributed by atoms with Gasteiger partial charge in [0, 0.05) is 11.5 Å². The zero-order valence-electron chi connectivity index (χ0n) is 14.7. The minimum Gasteiger partial charge on any atom is -0.235 e. The van der Waals surface area contributed by atoms with Gasteiger partial charge >= 0.3 is 0 Å². The quantitative estimate of drug-likeness (QED) is 0.387. The van der Waals surface area contributed by atoms with Crippen LogP contribution in [0.15, 0.2) is 39.0 Å². The lowest BCUT2D eigenvalue weighted by molar-refractivity contribution is 0.828. The molecule has 1 aromatic carbocycles. The summed E-state index contributed by atoms with van der Waals surface area (Å²) in [4.78, 5) is 0. The summed E-state index contributed by atoms with van der Waals surface area (Å²) in [5.41, 5.74) is 3.25. The van der Waals surface area contributed by atoms with Crippen LogP contribution in [-0.2, 0) is 5.75 Å². The number of thioether (sulfide) groups is 2. The van der Waals surface area contributed by atoms with Crippen molar-refractivity contribution in [2.75, 3.05) is 5.75 Å². The van der Waals surface area contributed by atoms with Gasteiger partial charge in [-0.15, -0.1) is 10.2 Å². The Balaban J connectivity index is 1.77. The molecule has 0 saturated heterocycles. The summed E-state index contributed by atoms with van der Waals surface area (Å²) in [5, 5.41) is 22.6. The number of rotatable bonds is 8. The normalized spacial score (nSPS) is 10.8. The van der Waals surface area contributed by atoms with Gasteiger partial charge in [0.15, 0.2) is 8.68 Å². The van der Waals surface area contributed by atoms with Crippen LogP contribution in [-0.4, -0.2) is 25.7 Å². The van der Waals surface area contributed by atoms with E-state index in [1.54, 1.807) is 34.9 Å². The number of hydrogen-bond acceptors (Lipinski definition) is 7. The molecule has 8 heteroatoms. The monoisotopic (exact) mass is 401 g/mol. The Morgan fingerprint density at radius 1 is 1.15 bits per heavy atom. The molecule has 5 nitrogen and oxygen atoms in total. The van der Waals surface area contributed by atoms with E-state index in [1.165, 1.54) is 12.8 Å². The molecule has 3 rings (SSSR count). The number of para-hydroxylation sites is 1. The summed E-state index contributed by atoms with van der Waals surface area (Å²) in [6.45, 7) is 4.06. The molecule has 0 aliphatic carbocycles. The van der Waals surface area contributed by atoms with Crippen molar-refractivity contribution in [1.29, 1.82) is 5.26 Å². The maximum Gasteiger partial charge on any atom is 0.175 e. The van der Waals surface area contributed by atoms with Gasteiger partial charge in [0.1, 0.15) is 6.07 Å². The number of unbranched alkanes of at least 4 members (excludes halogenated alkanes) is 1. The molecule has 0 bridgehead atoms. The summed E-state index contributed by atoms with van der Waals surface area (Å²) in [6, 6.07) is 12.2. The van der Waals surface area contributed by atoms with Gasteiger partial charge in [-0.1, -0.05) is 66.4 Å². The Labute approximate surface area is 165 Å². The number of nitriles is 1. The summed E-state index contributed by atoms with van der Waals surface area (Å²) >= 11 is 4.98. The highest BCUT2D eigenvalue weighted by molar-refractivity contribution is 8.02. The van der Waals surface area contributed by atoms with E-state index in [9.17, 15) is 5.26 Å². The molecule has 0 radical (unpaired) electrons. The molecular weight excluding hydrogens is 382 g/mol. The molecular formula is C18H19N5S3. The summed E-state index contributed by atoms with van der Waals surface area (Å²) < 4.78 is 3.79. The van der Waals surface area contributed by atoms with Crippen LogP contribution >= 0.6 is 34.9 Å². The van der Waals surface area contributed by atoms with Crippen LogP contribution in [0, 0.1) is 18.3 Å². The Morgan fingerprint density at radius 3 is 2.58 bits per heavy atom. The van der Waals surface area contributed by atoms with Crippen molar-refractivity contribution in [3.8, 4) is 11.8 Å². The first-order valence-electron chi connectivity index (χ1n) is 8.36. The van der Waals surface area contributed by atoms with Gasteiger partial charge in [0.2, 0.25) is 0 Å². The largest absolute Gasteiger partial charge is 0.235 e. The molecule has 0 saturated carbocycles. The zero-order chi connectivity index (χ0) is 18.4. The van der Waals surface area contributed by atoms with E-state index in [0.717, 1.165) is 31.5 Å². The number of hydrogen-bond donors (Lipinski definition) is 0. The SMILES string of the molecule is CCCCSc1nnc(SCc2c(C#N)c(C)nn2-c2ccccc2)s1. The average Bonchev–Trinajstić information content (AvgIpc) is 3.24. The van der Waals surface area contributed by atoms with Crippen LogP contribution in [0.3, 0.4) is 0 Å². The predicted octanol–water partition coefficient (Wildman–Crippen LogP) is 5.09. The van der Waals surface area contributed by atoms with E-state index in [-0.39, 0.29) is 0 Å². The minimum atomic E-state index is 0.632. The lowest BCUT2D eigenvalue weighted by Gasteiger charge is -2.06. The molecule has 26 heavy (non-hydrogen) atoms. The summed E-state index contributed by atoms with van der Waals surface area (Å²) in [6.07, 6.45) is 2.38. The highest BCUT2D eigenvalue weighted by Gasteiger charge is 2.17. The van der Waals surface area contributed by atoms with Crippen molar-refractivity contribution in [2.45, 2.75) is 41.1 Å². The van der Waals surface area contributed by atoms with E-state index < -0.39 is 0 Å². The molecule has 2 aromatic heterocycles. The van der Waals surface area contributed by atoms with Gasteiger partial charge in [-0.2, -0.15) is 10.4 Å². The fraction of sp³-hybridized carbons (Fsp3) is 0.333. The fourth-order valence-electron chi connectivity index (χ4n) is 2.38. The van der Waals surface area contributed by atoms with Gasteiger partial charge in [0.25, 0.3) is 0 Å². The van der Waals surface area contributed by atoms with Crippen molar-refractivity contribution >= 4 is 34.9 Å². The van der Waals surface area contributed by atoms with Crippen molar-refractivity contribution in [2.24, 2.45) is 0 Å². The summed E-state index contributed by atoms with van der Waals surface area (Å²) in [5.74, 6) is 1.71. The predicted molar refractivity (Wildman–Crippen MR) is 108 cm³/mol. The molecule has 0 fully saturated rings. The topological polar surface area (TPSA) is 67.4 Å². The van der Waals surface area contributed by atoms with E-state index in [2.05, 4.69) is 28.3 Å². The van der Waals surface area contributed by atoms with Crippen molar-refractivity contribution in [3.05, 3.63) is 47.3 Å². The molecule has 0 N–H and O–H groups in total. The van der Waals surface area contributed by atoms with E-state index in [1.807, 2.05) is 41.9 Å². The number of aromatic nitrogens is 4. The zero-order valence-corrected chi connectivity index (χ0v) is 17.1. The van der Waals surface area contributed by atoms with Crippen LogP contribution in [0.1, 0.15) is 36.7 Å². The average molecular weight is 402 g/mol. The number of aryl methyl sites for hydroxylation is 1. The number of benzene rings is 1. The van der Waals surface area contributed by atoms with Crippen LogP contribution in [0.4, 0.5) is 0 Å². The first-order valence-corrected chi connectivity index (χ1v) is 11.1. The van der Waals surface area contributed by atoms with Crippen LogP contribution in [0.2, 0.25) is 0 Å². The molecule has 3 aromatic rings. The number of nitrogens with zero attached hydrogens (tertiary/aromatic N) is 5. The van der Waals surface area contributed by atoms with Crippen molar-refractivity contribution in [1.82, 2.24) is 20.0 Å². The Bertz CT molecular complexity index is 895. The van der Waals surface area contributed by atoms with Crippen molar-refractivity contribution in [3.63, 3.8) is 0 Å². The Kier molecular flexibility index (Phi) is 6.72. The second kappa shape index (κ2) is 9.21. The smallest absolute Gasteiger partial charge is 0.175 e. The van der Waals surface area contributed by atoms with Gasteiger partial charge in [-0.05, 0) is 25.5 Å². The lowest BCUT2D eigenvalue weighted by Crippen LogP contribution is -2.01. The minimum absolute atomic E-state index is 0.632. The lowest BCUT2D eigenvalue weighted by atomic mass is 10.2. The molecule has 0 aliphatic heterocycles. The highest BCUT2D eigenvalue weighted by Crippen LogP contribution is 2.32. The molecule has 0 amide bonds. The van der Waals surface area contributed by atoms with Gasteiger partial charge in [-0.3, -0.25) is 0 Å². The molecule has 134 valence electrons. The van der Waals surface area contributed by atoms with E-state index >= 15 is 0 Å². The third-order valence-corrected chi connectivity index (χ3v) is 7.00. The molecule has 2 heterocycles. The summed E-state index contributed by atoms with van der Waals surface area (Å²) in [7, 11) is 0. The Hall–Kier alpha value is -1.82. The highest BCUT2D eigenvalue weighted by atomic mass is 32.2. The third kappa shape index (κ3) is 4.47. The second-order valence-corrected chi connectivity index (χ2v) is 9.13. The van der Waals surface area contributed by atoms with Crippen LogP contribution < -0.4 is 0 Å². The van der Waals surface area contributed by atoms with Gasteiger partial charge in [-0.25, -0.2) is 4.68 Å². The van der Waals surface area contributed by atoms with Crippen LogP contribution in [0.5, 0.6) is 0 Å². The van der Waals surface area contributed by atoms with E-state index in [0.29, 0.717) is 11.3 Å². The standard InChI is InChI=1S/C18H19N5S3/c1-3-4-10-24-17-20-21-18(26-17)25-12-16-15(11-19)13(2)22-23(16)14-8-6-5-7-9-14/h5-9H,3-4,10,12H2,1-2H3. The van der Waals surface area contributed by atoms with Crippen molar-refractivity contribution < 1.29 is 0 Å². The maximum atomic E-state index is 9.54. The fourth-order valence-corrected chi connectivity index (χ4v) is 5.56. The molecule has 0 atom stereocenters. The molecule has 0 aliphatic rings. The third-order valence-electron chi connectivity index (χ3n) is 3.71. The van der Waals surface area contributed by atoms with Crippen LogP contribution in [0.25, 0.3) is 5.69 Å². The first-order chi connectivity index (χ1) is 12.7. The molecule has 0 spiro atoms. The molecule has 0 unspecified atom stereocenters.